The maximum atomic E-state index is 12.4. The van der Waals surface area contributed by atoms with Crippen molar-refractivity contribution in [3.8, 4) is 11.5 Å². The van der Waals surface area contributed by atoms with E-state index in [0.717, 1.165) is 0 Å². The number of benzene rings is 2. The van der Waals surface area contributed by atoms with E-state index in [1.165, 1.54) is 23.1 Å². The molecule has 0 heterocycles. The average Bonchev–Trinajstić information content (AvgIpc) is 2.71. The van der Waals surface area contributed by atoms with Gasteiger partial charge in [0.2, 0.25) is 11.8 Å². The largest absolute Gasteiger partial charge is 0.497 e. The molecule has 29 heavy (non-hydrogen) atoms. The number of alkyl halides is 2. The normalized spacial score (nSPS) is 10.8. The smallest absolute Gasteiger partial charge is 0.387 e. The zero-order valence-electron chi connectivity index (χ0n) is 16.1. The van der Waals surface area contributed by atoms with Gasteiger partial charge in [-0.1, -0.05) is 12.1 Å². The van der Waals surface area contributed by atoms with Crippen molar-refractivity contribution in [2.45, 2.75) is 13.5 Å². The van der Waals surface area contributed by atoms with Crippen molar-refractivity contribution >= 4 is 23.6 Å². The van der Waals surface area contributed by atoms with Crippen LogP contribution in [0.2, 0.25) is 0 Å². The van der Waals surface area contributed by atoms with Crippen LogP contribution in [0.15, 0.2) is 54.6 Å². The summed E-state index contributed by atoms with van der Waals surface area (Å²) in [5.41, 5.74) is 1.24. The number of likely N-dealkylation sites (N-methyl/N-ethyl adjacent to an activating group) is 1. The Hall–Kier alpha value is -3.42. The van der Waals surface area contributed by atoms with Gasteiger partial charge in [-0.3, -0.25) is 9.59 Å². The summed E-state index contributed by atoms with van der Waals surface area (Å²) in [5, 5.41) is 2.72. The van der Waals surface area contributed by atoms with Gasteiger partial charge in [0.25, 0.3) is 0 Å². The lowest BCUT2D eigenvalue weighted by molar-refractivity contribution is -0.130. The summed E-state index contributed by atoms with van der Waals surface area (Å²) in [5.74, 6) is 0.0405. The highest BCUT2D eigenvalue weighted by Gasteiger charge is 2.13. The number of rotatable bonds is 9. The Balaban J connectivity index is 1.91. The van der Waals surface area contributed by atoms with Crippen LogP contribution in [0.4, 0.5) is 14.5 Å². The molecule has 1 N–H and O–H groups in total. The summed E-state index contributed by atoms with van der Waals surface area (Å²) >= 11 is 0. The fraction of sp³-hybridized carbons (Fsp3) is 0.238. The van der Waals surface area contributed by atoms with Crippen molar-refractivity contribution in [2.24, 2.45) is 0 Å². The third-order valence-electron chi connectivity index (χ3n) is 3.93. The summed E-state index contributed by atoms with van der Waals surface area (Å²) in [4.78, 5) is 25.9. The van der Waals surface area contributed by atoms with Crippen molar-refractivity contribution < 1.29 is 27.8 Å². The van der Waals surface area contributed by atoms with Gasteiger partial charge in [0.05, 0.1) is 7.11 Å². The molecule has 0 bridgehead atoms. The molecule has 0 spiro atoms. The second-order valence-electron chi connectivity index (χ2n) is 5.91. The Morgan fingerprint density at radius 2 is 1.69 bits per heavy atom. The van der Waals surface area contributed by atoms with Crippen molar-refractivity contribution in [1.82, 2.24) is 4.90 Å². The number of methoxy groups -OCH3 is 1. The fourth-order valence-electron chi connectivity index (χ4n) is 2.43. The first-order valence-corrected chi connectivity index (χ1v) is 8.87. The number of nitrogens with zero attached hydrogens (tertiary/aromatic N) is 1. The number of hydrogen-bond donors (Lipinski definition) is 1. The van der Waals surface area contributed by atoms with Crippen LogP contribution in [-0.4, -0.2) is 43.5 Å². The SMILES string of the molecule is CCN(CC(=O)Nc1ccc(OC)cc1)C(=O)/C=C/c1ccc(OC(F)F)cc1. The summed E-state index contributed by atoms with van der Waals surface area (Å²) < 4.78 is 33.6. The molecule has 0 fully saturated rings. The highest BCUT2D eigenvalue weighted by molar-refractivity contribution is 5.98. The van der Waals surface area contributed by atoms with Crippen molar-refractivity contribution in [1.29, 1.82) is 0 Å². The van der Waals surface area contributed by atoms with Gasteiger partial charge < -0.3 is 19.7 Å². The summed E-state index contributed by atoms with van der Waals surface area (Å²) in [7, 11) is 1.55. The first-order chi connectivity index (χ1) is 13.9. The highest BCUT2D eigenvalue weighted by atomic mass is 19.3. The third kappa shape index (κ3) is 7.25. The van der Waals surface area contributed by atoms with Crippen LogP contribution >= 0.6 is 0 Å². The highest BCUT2D eigenvalue weighted by Crippen LogP contribution is 2.16. The zero-order chi connectivity index (χ0) is 21.2. The van der Waals surface area contributed by atoms with E-state index in [0.29, 0.717) is 23.5 Å². The minimum absolute atomic E-state index is 0.0360. The lowest BCUT2D eigenvalue weighted by Gasteiger charge is -2.18. The van der Waals surface area contributed by atoms with Crippen LogP contribution < -0.4 is 14.8 Å². The number of hydrogen-bond acceptors (Lipinski definition) is 4. The maximum Gasteiger partial charge on any atom is 0.387 e. The summed E-state index contributed by atoms with van der Waals surface area (Å²) in [6.07, 6.45) is 2.87. The van der Waals surface area contributed by atoms with Gasteiger partial charge in [-0.15, -0.1) is 0 Å². The molecule has 2 aromatic carbocycles. The van der Waals surface area contributed by atoms with E-state index in [1.807, 2.05) is 0 Å². The first kappa shape index (κ1) is 21.9. The fourth-order valence-corrected chi connectivity index (χ4v) is 2.43. The predicted molar refractivity (Wildman–Crippen MR) is 106 cm³/mol. The molecule has 2 rings (SSSR count). The van der Waals surface area contributed by atoms with Crippen LogP contribution in [-0.2, 0) is 9.59 Å². The van der Waals surface area contributed by atoms with E-state index in [9.17, 15) is 18.4 Å². The maximum absolute atomic E-state index is 12.4. The summed E-state index contributed by atoms with van der Waals surface area (Å²) in [6.45, 7) is -0.879. The predicted octanol–water partition coefficient (Wildman–Crippen LogP) is 3.80. The van der Waals surface area contributed by atoms with Gasteiger partial charge in [0.15, 0.2) is 0 Å². The van der Waals surface area contributed by atoms with Gasteiger partial charge in [-0.05, 0) is 55.0 Å². The van der Waals surface area contributed by atoms with E-state index in [4.69, 9.17) is 4.74 Å². The third-order valence-corrected chi connectivity index (χ3v) is 3.93. The van der Waals surface area contributed by atoms with E-state index in [1.54, 1.807) is 56.5 Å². The molecule has 8 heteroatoms. The Morgan fingerprint density at radius 1 is 1.07 bits per heavy atom. The molecule has 0 aromatic heterocycles. The standard InChI is InChI=1S/C21H22F2N2O4/c1-3-25(14-19(26)24-16-7-11-17(28-2)12-8-16)20(27)13-6-15-4-9-18(10-5-15)29-21(22)23/h4-13,21H,3,14H2,1-2H3,(H,24,26)/b13-6+. The van der Waals surface area contributed by atoms with E-state index < -0.39 is 6.61 Å². The van der Waals surface area contributed by atoms with Crippen LogP contribution in [0.3, 0.4) is 0 Å². The molecule has 0 aliphatic rings. The van der Waals surface area contributed by atoms with Crippen LogP contribution in [0.5, 0.6) is 11.5 Å². The minimum Gasteiger partial charge on any atom is -0.497 e. The molecule has 154 valence electrons. The van der Waals surface area contributed by atoms with Crippen LogP contribution in [0.25, 0.3) is 6.08 Å². The number of ether oxygens (including phenoxy) is 2. The quantitative estimate of drug-likeness (QED) is 0.646. The topological polar surface area (TPSA) is 67.9 Å². The van der Waals surface area contributed by atoms with Crippen molar-refractivity contribution in [3.05, 3.63) is 60.2 Å². The van der Waals surface area contributed by atoms with Gasteiger partial charge in [0, 0.05) is 18.3 Å². The van der Waals surface area contributed by atoms with Gasteiger partial charge >= 0.3 is 6.61 Å². The lowest BCUT2D eigenvalue weighted by Crippen LogP contribution is -2.36. The van der Waals surface area contributed by atoms with E-state index in [2.05, 4.69) is 10.1 Å². The molecule has 0 atom stereocenters. The number of carbonyl (C=O) groups is 2. The Kier molecular flexibility index (Phi) is 8.14. The molecule has 0 radical (unpaired) electrons. The molecule has 0 unspecified atom stereocenters. The molecule has 0 saturated heterocycles. The molecular formula is C21H22F2N2O4. The second kappa shape index (κ2) is 10.8. The van der Waals surface area contributed by atoms with Crippen molar-refractivity contribution in [2.75, 3.05) is 25.5 Å². The van der Waals surface area contributed by atoms with E-state index >= 15 is 0 Å². The molecule has 0 aliphatic heterocycles. The summed E-state index contributed by atoms with van der Waals surface area (Å²) in [6, 6.07) is 12.7. The number of carbonyl (C=O) groups excluding carboxylic acids is 2. The second-order valence-corrected chi connectivity index (χ2v) is 5.91. The number of halogens is 2. The van der Waals surface area contributed by atoms with Crippen LogP contribution in [0.1, 0.15) is 12.5 Å². The Labute approximate surface area is 167 Å². The lowest BCUT2D eigenvalue weighted by atomic mass is 10.2. The van der Waals surface area contributed by atoms with Crippen molar-refractivity contribution in [3.63, 3.8) is 0 Å². The first-order valence-electron chi connectivity index (χ1n) is 8.87. The molecular weight excluding hydrogens is 382 g/mol. The van der Waals surface area contributed by atoms with Gasteiger partial charge in [0.1, 0.15) is 18.0 Å². The molecule has 6 nitrogen and oxygen atoms in total. The minimum atomic E-state index is -2.89. The Morgan fingerprint density at radius 3 is 2.24 bits per heavy atom. The van der Waals surface area contributed by atoms with E-state index in [-0.39, 0.29) is 24.1 Å². The molecule has 0 saturated carbocycles. The van der Waals surface area contributed by atoms with Gasteiger partial charge in [-0.25, -0.2) is 0 Å². The zero-order valence-corrected chi connectivity index (χ0v) is 16.1. The average molecular weight is 404 g/mol. The molecule has 2 aromatic rings. The van der Waals surface area contributed by atoms with Crippen LogP contribution in [0, 0.1) is 0 Å². The van der Waals surface area contributed by atoms with Gasteiger partial charge in [-0.2, -0.15) is 8.78 Å². The Bertz CT molecular complexity index is 837. The number of anilines is 1. The molecule has 0 aliphatic carbocycles. The number of nitrogens with one attached hydrogen (secondary N) is 1. The molecule has 2 amide bonds. The number of amides is 2. The monoisotopic (exact) mass is 404 g/mol.